The van der Waals surface area contributed by atoms with Gasteiger partial charge in [0.2, 0.25) is 5.88 Å². The molecule has 0 bridgehead atoms. The van der Waals surface area contributed by atoms with Crippen LogP contribution in [0.4, 0.5) is 0 Å². The molecular weight excluding hydrogens is 236 g/mol. The maximum absolute atomic E-state index is 11.6. The molecule has 2 N–H and O–H groups in total. The van der Waals surface area contributed by atoms with E-state index < -0.39 is 0 Å². The van der Waals surface area contributed by atoms with E-state index in [4.69, 9.17) is 12.2 Å². The zero-order valence-electron chi connectivity index (χ0n) is 9.30. The first-order valence-corrected chi connectivity index (χ1v) is 5.68. The quantitative estimate of drug-likeness (QED) is 0.801. The fourth-order valence-electron chi connectivity index (χ4n) is 1.70. The van der Waals surface area contributed by atoms with E-state index in [0.717, 1.165) is 5.69 Å². The Kier molecular flexibility index (Phi) is 3.10. The van der Waals surface area contributed by atoms with E-state index in [1.165, 1.54) is 4.57 Å². The molecule has 17 heavy (non-hydrogen) atoms. The molecule has 0 spiro atoms. The van der Waals surface area contributed by atoms with Crippen LogP contribution >= 0.6 is 12.2 Å². The number of aromatic hydroxyl groups is 1. The largest absolute Gasteiger partial charge is 0.494 e. The first-order chi connectivity index (χ1) is 8.15. The topological polar surface area (TPSA) is 58.0 Å². The standard InChI is InChI=1S/C12H12N2O2S/c1-2-9-10(15)13-12(17)14(11(9)16)8-6-4-3-5-7-8/h3-7,16H,2H2,1H3,(H,13,15,17). The number of hydrogen-bond donors (Lipinski definition) is 2. The molecule has 0 aliphatic carbocycles. The monoisotopic (exact) mass is 248 g/mol. The molecule has 0 saturated heterocycles. The summed E-state index contributed by atoms with van der Waals surface area (Å²) < 4.78 is 1.64. The summed E-state index contributed by atoms with van der Waals surface area (Å²) in [5, 5.41) is 10.1. The molecule has 0 radical (unpaired) electrons. The number of aromatic amines is 1. The molecule has 0 saturated carbocycles. The molecule has 0 fully saturated rings. The summed E-state index contributed by atoms with van der Waals surface area (Å²) in [4.78, 5) is 14.1. The van der Waals surface area contributed by atoms with Crippen LogP contribution in [0.15, 0.2) is 35.1 Å². The molecule has 1 aromatic carbocycles. The molecule has 0 amide bonds. The molecule has 2 rings (SSSR count). The second-order valence-electron chi connectivity index (χ2n) is 3.59. The summed E-state index contributed by atoms with van der Waals surface area (Å²) in [5.41, 5.74) is 0.727. The molecule has 1 heterocycles. The molecule has 2 aromatic rings. The number of benzene rings is 1. The van der Waals surface area contributed by atoms with Crippen LogP contribution in [-0.2, 0) is 6.42 Å². The summed E-state index contributed by atoms with van der Waals surface area (Å²) in [7, 11) is 0. The highest BCUT2D eigenvalue weighted by molar-refractivity contribution is 7.71. The van der Waals surface area contributed by atoms with Gasteiger partial charge < -0.3 is 5.11 Å². The number of rotatable bonds is 2. The molecule has 0 unspecified atom stereocenters. The Balaban J connectivity index is 2.80. The Morgan fingerprint density at radius 2 is 2.00 bits per heavy atom. The Morgan fingerprint density at radius 1 is 1.35 bits per heavy atom. The number of nitrogens with one attached hydrogen (secondary N) is 1. The number of aromatic nitrogens is 2. The Labute approximate surface area is 103 Å². The van der Waals surface area contributed by atoms with Crippen molar-refractivity contribution in [2.45, 2.75) is 13.3 Å². The van der Waals surface area contributed by atoms with Gasteiger partial charge in [0.25, 0.3) is 5.56 Å². The van der Waals surface area contributed by atoms with Crippen molar-refractivity contribution in [2.24, 2.45) is 0 Å². The van der Waals surface area contributed by atoms with Crippen molar-refractivity contribution in [3.05, 3.63) is 51.0 Å². The maximum atomic E-state index is 11.6. The third-order valence-electron chi connectivity index (χ3n) is 2.55. The van der Waals surface area contributed by atoms with Crippen molar-refractivity contribution in [1.29, 1.82) is 0 Å². The number of H-pyrrole nitrogens is 1. The van der Waals surface area contributed by atoms with Crippen LogP contribution in [0.2, 0.25) is 0 Å². The summed E-state index contributed by atoms with van der Waals surface area (Å²) in [6, 6.07) is 9.18. The molecule has 4 nitrogen and oxygen atoms in total. The lowest BCUT2D eigenvalue weighted by atomic mass is 10.2. The minimum Gasteiger partial charge on any atom is -0.494 e. The fourth-order valence-corrected chi connectivity index (χ4v) is 1.98. The summed E-state index contributed by atoms with van der Waals surface area (Å²) in [6.45, 7) is 1.81. The Hall–Kier alpha value is -1.88. The highest BCUT2D eigenvalue weighted by atomic mass is 32.1. The van der Waals surface area contributed by atoms with Gasteiger partial charge in [-0.15, -0.1) is 0 Å². The van der Waals surface area contributed by atoms with Crippen LogP contribution in [0.1, 0.15) is 12.5 Å². The molecule has 88 valence electrons. The smallest absolute Gasteiger partial charge is 0.258 e. The Morgan fingerprint density at radius 3 is 2.59 bits per heavy atom. The minimum atomic E-state index is -0.331. The SMILES string of the molecule is CCc1c(O)n(-c2ccccc2)c(=S)[nH]c1=O. The van der Waals surface area contributed by atoms with Gasteiger partial charge in [0, 0.05) is 0 Å². The van der Waals surface area contributed by atoms with E-state index >= 15 is 0 Å². The van der Waals surface area contributed by atoms with E-state index in [0.29, 0.717) is 12.0 Å². The van der Waals surface area contributed by atoms with Crippen molar-refractivity contribution >= 4 is 12.2 Å². The highest BCUT2D eigenvalue weighted by Crippen LogP contribution is 2.19. The van der Waals surface area contributed by atoms with E-state index in [9.17, 15) is 9.90 Å². The fraction of sp³-hybridized carbons (Fsp3) is 0.167. The summed E-state index contributed by atoms with van der Waals surface area (Å²) >= 11 is 5.06. The van der Waals surface area contributed by atoms with Crippen LogP contribution in [-0.4, -0.2) is 14.7 Å². The van der Waals surface area contributed by atoms with Gasteiger partial charge in [-0.25, -0.2) is 0 Å². The van der Waals surface area contributed by atoms with Crippen molar-refractivity contribution < 1.29 is 5.11 Å². The van der Waals surface area contributed by atoms with E-state index in [2.05, 4.69) is 4.98 Å². The van der Waals surface area contributed by atoms with E-state index in [-0.39, 0.29) is 16.2 Å². The van der Waals surface area contributed by atoms with Gasteiger partial charge in [-0.05, 0) is 30.8 Å². The summed E-state index contributed by atoms with van der Waals surface area (Å²) in [5.74, 6) is -0.0903. The molecule has 0 aliphatic rings. The van der Waals surface area contributed by atoms with Crippen LogP contribution in [0.5, 0.6) is 5.88 Å². The van der Waals surface area contributed by atoms with Crippen molar-refractivity contribution in [2.75, 3.05) is 0 Å². The highest BCUT2D eigenvalue weighted by Gasteiger charge is 2.11. The third-order valence-corrected chi connectivity index (χ3v) is 2.83. The van der Waals surface area contributed by atoms with Gasteiger partial charge in [0.1, 0.15) is 0 Å². The first-order valence-electron chi connectivity index (χ1n) is 5.27. The van der Waals surface area contributed by atoms with Gasteiger partial charge in [-0.1, -0.05) is 25.1 Å². The first kappa shape index (κ1) is 11.6. The number of nitrogens with zero attached hydrogens (tertiary/aromatic N) is 1. The molecular formula is C12H12N2O2S. The average Bonchev–Trinajstić information content (AvgIpc) is 2.30. The van der Waals surface area contributed by atoms with Crippen molar-refractivity contribution in [3.8, 4) is 11.6 Å². The number of hydrogen-bond acceptors (Lipinski definition) is 3. The molecule has 0 atom stereocenters. The Bertz CT molecular complexity index is 644. The second kappa shape index (κ2) is 4.55. The van der Waals surface area contributed by atoms with Gasteiger partial charge in [-0.3, -0.25) is 14.3 Å². The zero-order valence-corrected chi connectivity index (χ0v) is 10.1. The molecule has 0 aliphatic heterocycles. The normalized spacial score (nSPS) is 10.4. The minimum absolute atomic E-state index is 0.0903. The lowest BCUT2D eigenvalue weighted by Crippen LogP contribution is -2.17. The molecule has 5 heteroatoms. The van der Waals surface area contributed by atoms with Crippen LogP contribution in [0.25, 0.3) is 5.69 Å². The molecule has 1 aromatic heterocycles. The van der Waals surface area contributed by atoms with Gasteiger partial charge in [0.05, 0.1) is 11.3 Å². The van der Waals surface area contributed by atoms with Crippen molar-refractivity contribution in [3.63, 3.8) is 0 Å². The predicted molar refractivity (Wildman–Crippen MR) is 68.3 cm³/mol. The lowest BCUT2D eigenvalue weighted by Gasteiger charge is -2.11. The third kappa shape index (κ3) is 2.01. The zero-order chi connectivity index (χ0) is 12.4. The van der Waals surface area contributed by atoms with Crippen LogP contribution < -0.4 is 5.56 Å². The average molecular weight is 248 g/mol. The van der Waals surface area contributed by atoms with E-state index in [1.807, 2.05) is 37.3 Å². The van der Waals surface area contributed by atoms with Crippen molar-refractivity contribution in [1.82, 2.24) is 9.55 Å². The second-order valence-corrected chi connectivity index (χ2v) is 3.97. The lowest BCUT2D eigenvalue weighted by molar-refractivity contribution is 0.426. The van der Waals surface area contributed by atoms with Gasteiger partial charge in [-0.2, -0.15) is 0 Å². The van der Waals surface area contributed by atoms with Crippen LogP contribution in [0.3, 0.4) is 0 Å². The predicted octanol–water partition coefficient (Wildman–Crippen LogP) is 2.16. The van der Waals surface area contributed by atoms with Gasteiger partial charge >= 0.3 is 0 Å². The van der Waals surface area contributed by atoms with Crippen LogP contribution in [0, 0.1) is 4.77 Å². The van der Waals surface area contributed by atoms with E-state index in [1.54, 1.807) is 0 Å². The number of para-hydroxylation sites is 1. The maximum Gasteiger partial charge on any atom is 0.258 e. The summed E-state index contributed by atoms with van der Waals surface area (Å²) in [6.07, 6.45) is 0.448. The van der Waals surface area contributed by atoms with Gasteiger partial charge in [0.15, 0.2) is 4.77 Å².